The average molecular weight is 313 g/mol. The lowest BCUT2D eigenvalue weighted by atomic mass is 10.2. The van der Waals surface area contributed by atoms with Crippen LogP contribution in [0.5, 0.6) is 5.75 Å². The molecule has 23 heavy (non-hydrogen) atoms. The molecule has 8 nitrogen and oxygen atoms in total. The van der Waals surface area contributed by atoms with Crippen molar-refractivity contribution in [1.29, 1.82) is 5.26 Å². The van der Waals surface area contributed by atoms with Crippen molar-refractivity contribution in [3.05, 3.63) is 41.7 Å². The van der Waals surface area contributed by atoms with Crippen LogP contribution < -0.4 is 15.4 Å². The van der Waals surface area contributed by atoms with E-state index in [1.165, 1.54) is 13.3 Å². The van der Waals surface area contributed by atoms with Gasteiger partial charge in [-0.3, -0.25) is 14.7 Å². The number of anilines is 1. The van der Waals surface area contributed by atoms with Gasteiger partial charge in [-0.2, -0.15) is 10.4 Å². The fraction of sp³-hybridized carbons (Fsp3) is 0.200. The molecule has 0 saturated heterocycles. The minimum absolute atomic E-state index is 0.129. The van der Waals surface area contributed by atoms with Crippen molar-refractivity contribution >= 4 is 17.5 Å². The second-order valence-electron chi connectivity index (χ2n) is 4.51. The summed E-state index contributed by atoms with van der Waals surface area (Å²) in [5.41, 5.74) is 0.813. The van der Waals surface area contributed by atoms with Gasteiger partial charge in [-0.1, -0.05) is 0 Å². The monoisotopic (exact) mass is 313 g/mol. The SMILES string of the molecule is COc1ccc(C(=O)Nc2cn[nH]c2C(=O)NCCC#N)cc1. The van der Waals surface area contributed by atoms with Crippen LogP contribution in [0, 0.1) is 11.3 Å². The van der Waals surface area contributed by atoms with E-state index in [0.29, 0.717) is 11.3 Å². The maximum absolute atomic E-state index is 12.2. The number of methoxy groups -OCH3 is 1. The van der Waals surface area contributed by atoms with Crippen molar-refractivity contribution in [2.24, 2.45) is 0 Å². The first-order chi connectivity index (χ1) is 11.2. The smallest absolute Gasteiger partial charge is 0.271 e. The Morgan fingerprint density at radius 3 is 2.70 bits per heavy atom. The zero-order valence-corrected chi connectivity index (χ0v) is 12.4. The number of aromatic amines is 1. The van der Waals surface area contributed by atoms with E-state index in [9.17, 15) is 9.59 Å². The highest BCUT2D eigenvalue weighted by molar-refractivity contribution is 6.08. The van der Waals surface area contributed by atoms with E-state index in [4.69, 9.17) is 10.00 Å². The quantitative estimate of drug-likeness (QED) is 0.695. The highest BCUT2D eigenvalue weighted by atomic mass is 16.5. The van der Waals surface area contributed by atoms with Crippen LogP contribution in [0.4, 0.5) is 5.69 Å². The second kappa shape index (κ2) is 7.61. The largest absolute Gasteiger partial charge is 0.497 e. The van der Waals surface area contributed by atoms with Gasteiger partial charge in [0.25, 0.3) is 11.8 Å². The minimum atomic E-state index is -0.442. The lowest BCUT2D eigenvalue weighted by Crippen LogP contribution is -2.26. The molecular formula is C15H15N5O3. The van der Waals surface area contributed by atoms with Gasteiger partial charge in [0.05, 0.1) is 31.5 Å². The summed E-state index contributed by atoms with van der Waals surface area (Å²) in [5, 5.41) is 19.9. The van der Waals surface area contributed by atoms with E-state index in [1.54, 1.807) is 24.3 Å². The summed E-state index contributed by atoms with van der Waals surface area (Å²) in [7, 11) is 1.54. The van der Waals surface area contributed by atoms with E-state index in [2.05, 4.69) is 20.8 Å². The van der Waals surface area contributed by atoms with E-state index < -0.39 is 5.91 Å². The Hall–Kier alpha value is -3.34. The number of benzene rings is 1. The number of H-pyrrole nitrogens is 1. The number of nitrogens with one attached hydrogen (secondary N) is 3. The number of ether oxygens (including phenoxy) is 1. The number of aromatic nitrogens is 2. The second-order valence-corrected chi connectivity index (χ2v) is 4.51. The fourth-order valence-electron chi connectivity index (χ4n) is 1.81. The van der Waals surface area contributed by atoms with Gasteiger partial charge in [-0.15, -0.1) is 0 Å². The molecule has 0 aliphatic rings. The molecule has 1 aromatic heterocycles. The standard InChI is InChI=1S/C15H15N5O3/c1-23-11-5-3-10(4-6-11)14(21)19-12-9-18-20-13(12)15(22)17-8-2-7-16/h3-6,9H,2,8H2,1H3,(H,17,22)(H,18,20)(H,19,21). The molecule has 2 rings (SSSR count). The van der Waals surface area contributed by atoms with Gasteiger partial charge >= 0.3 is 0 Å². The van der Waals surface area contributed by atoms with Crippen LogP contribution in [0.25, 0.3) is 0 Å². The van der Waals surface area contributed by atoms with E-state index in [-0.39, 0.29) is 30.3 Å². The predicted octanol–water partition coefficient (Wildman–Crippen LogP) is 1.31. The fourth-order valence-corrected chi connectivity index (χ4v) is 1.81. The summed E-state index contributed by atoms with van der Waals surface area (Å²) in [6.45, 7) is 0.222. The Kier molecular flexibility index (Phi) is 5.30. The van der Waals surface area contributed by atoms with E-state index >= 15 is 0 Å². The molecule has 0 unspecified atom stereocenters. The number of carbonyl (C=O) groups excluding carboxylic acids is 2. The minimum Gasteiger partial charge on any atom is -0.497 e. The van der Waals surface area contributed by atoms with Gasteiger partial charge in [0.2, 0.25) is 0 Å². The van der Waals surface area contributed by atoms with Crippen molar-refractivity contribution in [2.75, 3.05) is 19.0 Å². The Morgan fingerprint density at radius 2 is 2.04 bits per heavy atom. The van der Waals surface area contributed by atoms with Gasteiger partial charge in [-0.25, -0.2) is 0 Å². The maximum Gasteiger partial charge on any atom is 0.271 e. The summed E-state index contributed by atoms with van der Waals surface area (Å²) >= 11 is 0. The number of nitriles is 1. The van der Waals surface area contributed by atoms with Crippen molar-refractivity contribution in [3.8, 4) is 11.8 Å². The first-order valence-electron chi connectivity index (χ1n) is 6.79. The average Bonchev–Trinajstić information content (AvgIpc) is 3.03. The molecule has 0 fully saturated rings. The van der Waals surface area contributed by atoms with Crippen LogP contribution >= 0.6 is 0 Å². The molecule has 0 saturated carbocycles. The molecule has 3 N–H and O–H groups in total. The predicted molar refractivity (Wildman–Crippen MR) is 82.1 cm³/mol. The molecule has 118 valence electrons. The molecule has 1 heterocycles. The van der Waals surface area contributed by atoms with Crippen LogP contribution in [-0.4, -0.2) is 35.7 Å². The number of nitrogens with zero attached hydrogens (tertiary/aromatic N) is 2. The van der Waals surface area contributed by atoms with Crippen molar-refractivity contribution < 1.29 is 14.3 Å². The number of rotatable bonds is 6. The summed E-state index contributed by atoms with van der Waals surface area (Å²) in [5.74, 6) is -0.176. The third-order valence-electron chi connectivity index (χ3n) is 2.99. The molecule has 0 aliphatic heterocycles. The molecule has 8 heteroatoms. The van der Waals surface area contributed by atoms with Crippen molar-refractivity contribution in [2.45, 2.75) is 6.42 Å². The van der Waals surface area contributed by atoms with Crippen LogP contribution in [0.15, 0.2) is 30.5 Å². The topological polar surface area (TPSA) is 120 Å². The summed E-state index contributed by atoms with van der Waals surface area (Å²) in [6, 6.07) is 8.48. The molecule has 0 atom stereocenters. The number of amides is 2. The van der Waals surface area contributed by atoms with Crippen LogP contribution in [0.3, 0.4) is 0 Å². The number of hydrogen-bond donors (Lipinski definition) is 3. The highest BCUT2D eigenvalue weighted by Gasteiger charge is 2.16. The van der Waals surface area contributed by atoms with E-state index in [0.717, 1.165) is 0 Å². The Morgan fingerprint density at radius 1 is 1.30 bits per heavy atom. The summed E-state index contributed by atoms with van der Waals surface area (Å²) < 4.78 is 5.03. The third-order valence-corrected chi connectivity index (χ3v) is 2.99. The van der Waals surface area contributed by atoms with Gasteiger partial charge in [0.15, 0.2) is 0 Å². The molecule has 0 aliphatic carbocycles. The molecule has 2 aromatic rings. The zero-order chi connectivity index (χ0) is 16.7. The van der Waals surface area contributed by atoms with Crippen LogP contribution in [0.2, 0.25) is 0 Å². The van der Waals surface area contributed by atoms with Gasteiger partial charge in [0, 0.05) is 12.1 Å². The van der Waals surface area contributed by atoms with Crippen LogP contribution in [-0.2, 0) is 0 Å². The lowest BCUT2D eigenvalue weighted by molar-refractivity contribution is 0.0950. The summed E-state index contributed by atoms with van der Waals surface area (Å²) in [4.78, 5) is 24.1. The van der Waals surface area contributed by atoms with Gasteiger partial charge in [-0.05, 0) is 24.3 Å². The van der Waals surface area contributed by atoms with Crippen molar-refractivity contribution in [1.82, 2.24) is 15.5 Å². The molecular weight excluding hydrogens is 298 g/mol. The first-order valence-corrected chi connectivity index (χ1v) is 6.79. The Bertz CT molecular complexity index is 730. The first kappa shape index (κ1) is 16.0. The lowest BCUT2D eigenvalue weighted by Gasteiger charge is -2.07. The van der Waals surface area contributed by atoms with Gasteiger partial charge in [0.1, 0.15) is 11.4 Å². The molecule has 0 bridgehead atoms. The van der Waals surface area contributed by atoms with Crippen LogP contribution in [0.1, 0.15) is 27.3 Å². The zero-order valence-electron chi connectivity index (χ0n) is 12.4. The number of hydrogen-bond acceptors (Lipinski definition) is 5. The maximum atomic E-state index is 12.2. The summed E-state index contributed by atoms with van der Waals surface area (Å²) in [6.07, 6.45) is 1.55. The number of carbonyl (C=O) groups is 2. The third kappa shape index (κ3) is 4.07. The Labute approximate surface area is 132 Å². The van der Waals surface area contributed by atoms with Gasteiger partial charge < -0.3 is 15.4 Å². The Balaban J connectivity index is 2.05. The molecule has 2 amide bonds. The molecule has 0 spiro atoms. The molecule has 0 radical (unpaired) electrons. The van der Waals surface area contributed by atoms with Crippen molar-refractivity contribution in [3.63, 3.8) is 0 Å². The van der Waals surface area contributed by atoms with E-state index in [1.807, 2.05) is 6.07 Å². The highest BCUT2D eigenvalue weighted by Crippen LogP contribution is 2.15. The molecule has 1 aromatic carbocycles. The normalized spacial score (nSPS) is 9.74.